The number of hydrogen-bond donors (Lipinski definition) is 1. The van der Waals surface area contributed by atoms with Crippen molar-refractivity contribution in [3.05, 3.63) is 41.4 Å². The van der Waals surface area contributed by atoms with Crippen molar-refractivity contribution in [2.75, 3.05) is 39.6 Å². The summed E-state index contributed by atoms with van der Waals surface area (Å²) in [6, 6.07) is 1.75. The third-order valence-electron chi connectivity index (χ3n) is 7.62. The van der Waals surface area contributed by atoms with Crippen LogP contribution in [0, 0.1) is 0 Å². The molecule has 9 heteroatoms. The second-order valence-electron chi connectivity index (χ2n) is 11.6. The SMILES string of the molecule is CCCCCCCCCCCCCCCCCCOCC(O)(COCCCOCCC[n+]1ccsc1)c1ncccn1.[Cl-]. The molecule has 0 spiro atoms. The van der Waals surface area contributed by atoms with E-state index < -0.39 is 5.60 Å². The number of halogens is 1. The van der Waals surface area contributed by atoms with Gasteiger partial charge in [-0.3, -0.25) is 0 Å². The van der Waals surface area contributed by atoms with E-state index in [1.807, 2.05) is 0 Å². The lowest BCUT2D eigenvalue weighted by atomic mass is 10.0. The van der Waals surface area contributed by atoms with Crippen molar-refractivity contribution in [3.63, 3.8) is 0 Å². The van der Waals surface area contributed by atoms with Gasteiger partial charge in [-0.2, -0.15) is 4.57 Å². The van der Waals surface area contributed by atoms with Crippen LogP contribution in [0.2, 0.25) is 0 Å². The highest BCUT2D eigenvalue weighted by Gasteiger charge is 2.33. The summed E-state index contributed by atoms with van der Waals surface area (Å²) < 4.78 is 19.6. The van der Waals surface area contributed by atoms with Crippen molar-refractivity contribution < 1.29 is 36.3 Å². The molecule has 1 atom stereocenters. The molecular formula is C34H60ClN3O4S. The molecule has 0 aliphatic carbocycles. The number of unbranched alkanes of at least 4 members (excludes halogenated alkanes) is 15. The zero-order valence-electron chi connectivity index (χ0n) is 26.9. The van der Waals surface area contributed by atoms with Gasteiger partial charge in [0.15, 0.2) is 24.2 Å². The maximum Gasteiger partial charge on any atom is 0.224 e. The van der Waals surface area contributed by atoms with E-state index in [0.717, 1.165) is 32.4 Å². The lowest BCUT2D eigenvalue weighted by Crippen LogP contribution is -3.00. The molecule has 248 valence electrons. The number of nitrogens with zero attached hydrogens (tertiary/aromatic N) is 3. The first kappa shape index (κ1) is 39.9. The number of aryl methyl sites for hydroxylation is 1. The first-order valence-electron chi connectivity index (χ1n) is 16.9. The molecule has 2 aromatic rings. The van der Waals surface area contributed by atoms with Crippen molar-refractivity contribution in [1.82, 2.24) is 9.97 Å². The van der Waals surface area contributed by atoms with E-state index in [2.05, 4.69) is 38.5 Å². The Morgan fingerprint density at radius 3 is 1.70 bits per heavy atom. The molecule has 1 N–H and O–H groups in total. The first-order valence-corrected chi connectivity index (χ1v) is 17.8. The molecule has 2 rings (SSSR count). The molecule has 0 aliphatic heterocycles. The van der Waals surface area contributed by atoms with Gasteiger partial charge < -0.3 is 31.7 Å². The molecule has 0 fully saturated rings. The lowest BCUT2D eigenvalue weighted by Gasteiger charge is -2.26. The second kappa shape index (κ2) is 28.3. The fourth-order valence-corrected chi connectivity index (χ4v) is 5.68. The maximum atomic E-state index is 11.3. The molecule has 0 bridgehead atoms. The summed E-state index contributed by atoms with van der Waals surface area (Å²) in [5, 5.41) is 13.3. The van der Waals surface area contributed by atoms with E-state index in [0.29, 0.717) is 25.6 Å². The highest BCUT2D eigenvalue weighted by Crippen LogP contribution is 2.19. The Morgan fingerprint density at radius 2 is 1.16 bits per heavy atom. The molecule has 0 radical (unpaired) electrons. The number of thiazole rings is 1. The van der Waals surface area contributed by atoms with Crippen LogP contribution in [0.3, 0.4) is 0 Å². The van der Waals surface area contributed by atoms with Gasteiger partial charge in [0.1, 0.15) is 0 Å². The minimum atomic E-state index is -1.35. The van der Waals surface area contributed by atoms with Gasteiger partial charge in [0, 0.05) is 38.6 Å². The molecule has 0 saturated carbocycles. The standard InChI is InChI=1S/C34H60N3O4S.ClH/c1-2-3-4-5-6-7-8-9-10-11-12-13-14-15-16-17-25-40-30-34(38,33-35-21-18-22-36-33)31-41-28-20-27-39-26-19-23-37-24-29-42-32-37;/h18,21-22,24,29,32,38H,2-17,19-20,23,25-28,30-31H2,1H3;1H/q+1;/p-1. The smallest absolute Gasteiger partial charge is 0.224 e. The van der Waals surface area contributed by atoms with Crippen LogP contribution in [0.25, 0.3) is 0 Å². The van der Waals surface area contributed by atoms with Crippen LogP contribution in [0.4, 0.5) is 0 Å². The fraction of sp³-hybridized carbons (Fsp3) is 0.794. The van der Waals surface area contributed by atoms with Gasteiger partial charge in [-0.1, -0.05) is 115 Å². The predicted octanol–water partition coefficient (Wildman–Crippen LogP) is 4.81. The average molecular weight is 642 g/mol. The van der Waals surface area contributed by atoms with Gasteiger partial charge in [0.25, 0.3) is 0 Å². The van der Waals surface area contributed by atoms with E-state index in [4.69, 9.17) is 14.2 Å². The summed E-state index contributed by atoms with van der Waals surface area (Å²) in [6.07, 6.45) is 28.7. The van der Waals surface area contributed by atoms with Crippen LogP contribution >= 0.6 is 11.3 Å². The van der Waals surface area contributed by atoms with Crippen LogP contribution in [-0.2, 0) is 26.4 Å². The first-order chi connectivity index (χ1) is 20.7. The van der Waals surface area contributed by atoms with Gasteiger partial charge >= 0.3 is 0 Å². The largest absolute Gasteiger partial charge is 1.00 e. The van der Waals surface area contributed by atoms with E-state index in [1.54, 1.807) is 29.8 Å². The molecule has 43 heavy (non-hydrogen) atoms. The zero-order valence-corrected chi connectivity index (χ0v) is 28.5. The Kier molecular flexibility index (Phi) is 26.3. The zero-order chi connectivity index (χ0) is 29.8. The summed E-state index contributed by atoms with van der Waals surface area (Å²) in [5.41, 5.74) is 0.755. The Balaban J connectivity index is 0.00000924. The van der Waals surface area contributed by atoms with Gasteiger partial charge in [-0.15, -0.1) is 0 Å². The van der Waals surface area contributed by atoms with Gasteiger partial charge in [-0.05, 0) is 18.9 Å². The third-order valence-corrected chi connectivity index (χ3v) is 8.29. The molecule has 0 aliphatic rings. The van der Waals surface area contributed by atoms with Gasteiger partial charge in [0.05, 0.1) is 25.2 Å². The van der Waals surface area contributed by atoms with Crippen LogP contribution in [-0.4, -0.2) is 54.7 Å². The van der Waals surface area contributed by atoms with Crippen molar-refractivity contribution >= 4 is 11.3 Å². The summed E-state index contributed by atoms with van der Waals surface area (Å²) in [4.78, 5) is 8.54. The molecule has 0 saturated heterocycles. The number of hydrogen-bond acceptors (Lipinski definition) is 7. The average Bonchev–Trinajstić information content (AvgIpc) is 3.54. The quantitative estimate of drug-likeness (QED) is 0.0975. The van der Waals surface area contributed by atoms with E-state index in [-0.39, 0.29) is 25.6 Å². The third kappa shape index (κ3) is 21.3. The van der Waals surface area contributed by atoms with Crippen LogP contribution < -0.4 is 17.0 Å². The maximum absolute atomic E-state index is 11.3. The number of rotatable bonds is 30. The highest BCUT2D eigenvalue weighted by atomic mass is 35.5. The summed E-state index contributed by atoms with van der Waals surface area (Å²) in [7, 11) is 0. The summed E-state index contributed by atoms with van der Waals surface area (Å²) in [6.45, 7) is 6.01. The minimum absolute atomic E-state index is 0. The molecule has 7 nitrogen and oxygen atoms in total. The van der Waals surface area contributed by atoms with E-state index in [9.17, 15) is 5.11 Å². The Hall–Kier alpha value is -1.16. The monoisotopic (exact) mass is 641 g/mol. The topological polar surface area (TPSA) is 77.6 Å². The molecule has 0 aromatic carbocycles. The lowest BCUT2D eigenvalue weighted by molar-refractivity contribution is -0.692. The van der Waals surface area contributed by atoms with Gasteiger partial charge in [0.2, 0.25) is 5.51 Å². The number of ether oxygens (including phenoxy) is 3. The van der Waals surface area contributed by atoms with Crippen molar-refractivity contribution in [2.24, 2.45) is 0 Å². The Morgan fingerprint density at radius 1 is 0.674 bits per heavy atom. The number of aromatic nitrogens is 3. The highest BCUT2D eigenvalue weighted by molar-refractivity contribution is 7.07. The second-order valence-corrected chi connectivity index (χ2v) is 12.4. The molecule has 2 heterocycles. The van der Waals surface area contributed by atoms with Crippen molar-refractivity contribution in [3.8, 4) is 0 Å². The molecule has 2 aromatic heterocycles. The molecule has 0 amide bonds. The predicted molar refractivity (Wildman–Crippen MR) is 172 cm³/mol. The molecule has 1 unspecified atom stereocenters. The van der Waals surface area contributed by atoms with E-state index >= 15 is 0 Å². The summed E-state index contributed by atoms with van der Waals surface area (Å²) >= 11 is 1.70. The molecular weight excluding hydrogens is 582 g/mol. The van der Waals surface area contributed by atoms with Crippen molar-refractivity contribution in [1.29, 1.82) is 0 Å². The normalized spacial score (nSPS) is 12.7. The Labute approximate surface area is 272 Å². The Bertz CT molecular complexity index is 834. The summed E-state index contributed by atoms with van der Waals surface area (Å²) in [5.74, 6) is 0.346. The van der Waals surface area contributed by atoms with Gasteiger partial charge in [-0.25, -0.2) is 9.97 Å². The minimum Gasteiger partial charge on any atom is -1.00 e. The van der Waals surface area contributed by atoms with Crippen LogP contribution in [0.1, 0.15) is 128 Å². The fourth-order valence-electron chi connectivity index (χ4n) is 5.05. The van der Waals surface area contributed by atoms with Crippen LogP contribution in [0.15, 0.2) is 35.5 Å². The number of aliphatic hydroxyl groups is 1. The van der Waals surface area contributed by atoms with Crippen molar-refractivity contribution in [2.45, 2.75) is 135 Å². The van der Waals surface area contributed by atoms with E-state index in [1.165, 1.54) is 96.3 Å². The van der Waals surface area contributed by atoms with Crippen LogP contribution in [0.5, 0.6) is 0 Å².